The molecule has 3 atom stereocenters. The Labute approximate surface area is 199 Å². The summed E-state index contributed by atoms with van der Waals surface area (Å²) in [5.41, 5.74) is 4.68. The number of carbonyl (C=O) groups excluding carboxylic acids is 2. The van der Waals surface area contributed by atoms with Gasteiger partial charge in [0.2, 0.25) is 5.91 Å². The third-order valence-electron chi connectivity index (χ3n) is 6.91. The number of benzene rings is 2. The normalized spacial score (nSPS) is 19.7. The van der Waals surface area contributed by atoms with E-state index in [1.165, 1.54) is 11.1 Å². The van der Waals surface area contributed by atoms with Gasteiger partial charge in [-0.3, -0.25) is 9.59 Å². The van der Waals surface area contributed by atoms with Gasteiger partial charge in [-0.1, -0.05) is 61.9 Å². The first-order chi connectivity index (χ1) is 16.4. The Hall–Kier alpha value is -3.35. The zero-order valence-corrected chi connectivity index (χ0v) is 19.5. The Morgan fingerprint density at radius 3 is 2.32 bits per heavy atom. The van der Waals surface area contributed by atoms with Crippen molar-refractivity contribution in [3.8, 4) is 11.1 Å². The number of nitrogens with one attached hydrogen (secondary N) is 2. The van der Waals surface area contributed by atoms with Crippen LogP contribution in [0, 0.1) is 11.8 Å². The number of fused-ring (bicyclic) bond motifs is 3. The fourth-order valence-electron chi connectivity index (χ4n) is 5.26. The Morgan fingerprint density at radius 1 is 1.03 bits per heavy atom. The van der Waals surface area contributed by atoms with Gasteiger partial charge >= 0.3 is 12.1 Å². The minimum absolute atomic E-state index is 0.00397. The molecular weight excluding hydrogens is 432 g/mol. The fraction of sp³-hybridized carbons (Fsp3) is 0.444. The molecule has 7 nitrogen and oxygen atoms in total. The monoisotopic (exact) mass is 464 g/mol. The van der Waals surface area contributed by atoms with Crippen LogP contribution in [0.5, 0.6) is 0 Å². The Kier molecular flexibility index (Phi) is 7.50. The van der Waals surface area contributed by atoms with E-state index in [0.29, 0.717) is 6.54 Å². The predicted molar refractivity (Wildman–Crippen MR) is 128 cm³/mol. The minimum Gasteiger partial charge on any atom is -0.481 e. The van der Waals surface area contributed by atoms with E-state index in [1.54, 1.807) is 0 Å². The molecule has 2 aliphatic carbocycles. The highest BCUT2D eigenvalue weighted by Gasteiger charge is 2.31. The van der Waals surface area contributed by atoms with Gasteiger partial charge in [-0.25, -0.2) is 4.79 Å². The smallest absolute Gasteiger partial charge is 0.407 e. The van der Waals surface area contributed by atoms with Gasteiger partial charge in [0.05, 0.1) is 6.42 Å². The van der Waals surface area contributed by atoms with Crippen LogP contribution >= 0.6 is 0 Å². The second-order valence-corrected chi connectivity index (χ2v) is 9.48. The van der Waals surface area contributed by atoms with Crippen molar-refractivity contribution in [1.82, 2.24) is 10.6 Å². The van der Waals surface area contributed by atoms with E-state index >= 15 is 0 Å². The first-order valence-corrected chi connectivity index (χ1v) is 12.0. The van der Waals surface area contributed by atoms with Crippen LogP contribution in [0.1, 0.15) is 56.1 Å². The number of amides is 2. The van der Waals surface area contributed by atoms with Crippen molar-refractivity contribution in [3.63, 3.8) is 0 Å². The summed E-state index contributed by atoms with van der Waals surface area (Å²) in [6, 6.07) is 16.3. The van der Waals surface area contributed by atoms with Gasteiger partial charge in [-0.15, -0.1) is 0 Å². The molecule has 0 spiro atoms. The van der Waals surface area contributed by atoms with Crippen LogP contribution in [0.25, 0.3) is 11.1 Å². The van der Waals surface area contributed by atoms with Crippen molar-refractivity contribution in [3.05, 3.63) is 59.7 Å². The van der Waals surface area contributed by atoms with Crippen molar-refractivity contribution >= 4 is 18.0 Å². The lowest BCUT2D eigenvalue weighted by molar-refractivity contribution is -0.138. The van der Waals surface area contributed by atoms with Gasteiger partial charge in [0, 0.05) is 24.9 Å². The molecular formula is C27H32N2O5. The zero-order chi connectivity index (χ0) is 24.1. The molecule has 0 saturated heterocycles. The Morgan fingerprint density at radius 2 is 1.68 bits per heavy atom. The van der Waals surface area contributed by atoms with Crippen LogP contribution in [0.2, 0.25) is 0 Å². The van der Waals surface area contributed by atoms with Crippen LogP contribution < -0.4 is 10.6 Å². The fourth-order valence-corrected chi connectivity index (χ4v) is 5.26. The van der Waals surface area contributed by atoms with Crippen molar-refractivity contribution < 1.29 is 24.2 Å². The van der Waals surface area contributed by atoms with Crippen LogP contribution in [0.4, 0.5) is 4.79 Å². The average molecular weight is 465 g/mol. The molecule has 0 radical (unpaired) electrons. The molecule has 3 N–H and O–H groups in total. The molecule has 2 aromatic rings. The number of alkyl carbamates (subject to hydrolysis) is 1. The van der Waals surface area contributed by atoms with Crippen molar-refractivity contribution in [2.45, 2.75) is 51.0 Å². The lowest BCUT2D eigenvalue weighted by Gasteiger charge is -2.21. The molecule has 34 heavy (non-hydrogen) atoms. The van der Waals surface area contributed by atoms with Crippen LogP contribution in [0.3, 0.4) is 0 Å². The third kappa shape index (κ3) is 5.58. The van der Waals surface area contributed by atoms with E-state index < -0.39 is 12.1 Å². The number of hydrogen-bond acceptors (Lipinski definition) is 4. The highest BCUT2D eigenvalue weighted by atomic mass is 16.5. The average Bonchev–Trinajstić information content (AvgIpc) is 3.37. The number of hydrogen-bond donors (Lipinski definition) is 3. The molecule has 0 aliphatic heterocycles. The molecule has 4 rings (SSSR count). The van der Waals surface area contributed by atoms with Gasteiger partial charge in [0.25, 0.3) is 0 Å². The minimum atomic E-state index is -0.827. The number of ether oxygens (including phenoxy) is 1. The molecule has 2 aromatic carbocycles. The Balaban J connectivity index is 1.22. The number of carboxylic acids is 1. The molecule has 7 heteroatoms. The second kappa shape index (κ2) is 10.7. The summed E-state index contributed by atoms with van der Waals surface area (Å²) < 4.78 is 5.55. The molecule has 1 unspecified atom stereocenters. The first kappa shape index (κ1) is 23.8. The summed E-state index contributed by atoms with van der Waals surface area (Å²) in [7, 11) is 0. The number of carboxylic acid groups (broad SMARTS) is 1. The number of rotatable bonds is 9. The van der Waals surface area contributed by atoms with Crippen molar-refractivity contribution in [2.24, 2.45) is 11.8 Å². The van der Waals surface area contributed by atoms with Gasteiger partial charge in [-0.2, -0.15) is 0 Å². The summed E-state index contributed by atoms with van der Waals surface area (Å²) in [6.45, 7) is 2.47. The Bertz CT molecular complexity index is 1010. The van der Waals surface area contributed by atoms with E-state index in [-0.39, 0.29) is 49.2 Å². The highest BCUT2D eigenvalue weighted by molar-refractivity contribution is 5.79. The number of carbonyl (C=O) groups is 3. The lowest BCUT2D eigenvalue weighted by Crippen LogP contribution is -2.39. The largest absolute Gasteiger partial charge is 0.481 e. The quantitative estimate of drug-likeness (QED) is 0.513. The summed E-state index contributed by atoms with van der Waals surface area (Å²) >= 11 is 0. The molecule has 2 aliphatic rings. The molecule has 1 fully saturated rings. The highest BCUT2D eigenvalue weighted by Crippen LogP contribution is 2.44. The van der Waals surface area contributed by atoms with Crippen LogP contribution in [-0.2, 0) is 14.3 Å². The maximum absolute atomic E-state index is 12.4. The molecule has 180 valence electrons. The number of aliphatic carboxylic acids is 1. The van der Waals surface area contributed by atoms with Crippen LogP contribution in [0.15, 0.2) is 48.5 Å². The molecule has 1 saturated carbocycles. The molecule has 0 aromatic heterocycles. The summed E-state index contributed by atoms with van der Waals surface area (Å²) in [5.74, 6) is -1.00. The topological polar surface area (TPSA) is 105 Å². The maximum Gasteiger partial charge on any atom is 0.407 e. The summed E-state index contributed by atoms with van der Waals surface area (Å²) in [6.07, 6.45) is 2.43. The summed E-state index contributed by atoms with van der Waals surface area (Å²) in [4.78, 5) is 35.8. The molecule has 0 bridgehead atoms. The van der Waals surface area contributed by atoms with Gasteiger partial charge in [-0.05, 0) is 46.9 Å². The van der Waals surface area contributed by atoms with Crippen molar-refractivity contribution in [1.29, 1.82) is 0 Å². The van der Waals surface area contributed by atoms with E-state index in [1.807, 2.05) is 31.2 Å². The van der Waals surface area contributed by atoms with Crippen molar-refractivity contribution in [2.75, 3.05) is 13.2 Å². The third-order valence-corrected chi connectivity index (χ3v) is 6.91. The molecule has 2 amide bonds. The molecule has 0 heterocycles. The van der Waals surface area contributed by atoms with Crippen LogP contribution in [-0.4, -0.2) is 42.3 Å². The van der Waals surface area contributed by atoms with E-state index in [4.69, 9.17) is 9.84 Å². The second-order valence-electron chi connectivity index (χ2n) is 9.48. The van der Waals surface area contributed by atoms with E-state index in [0.717, 1.165) is 30.4 Å². The summed E-state index contributed by atoms with van der Waals surface area (Å²) in [5, 5.41) is 14.8. The SMILES string of the molecule is CC(CNC(=O)OCC1c2ccccc2-c2ccccc21)CC(=O)N[C@@H]1CCC[C@H]1CC(=O)O. The van der Waals surface area contributed by atoms with Gasteiger partial charge < -0.3 is 20.5 Å². The standard InChI is InChI=1S/C27H32N2O5/c1-17(13-25(30)29-24-12-6-7-18(24)14-26(31)32)15-28-27(33)34-16-23-21-10-4-2-8-19(21)20-9-3-5-11-22(20)23/h2-5,8-11,17-18,23-24H,6-7,12-16H2,1H3,(H,28,33)(H,29,30)(H,31,32)/t17?,18-,24+/m0/s1. The van der Waals surface area contributed by atoms with E-state index in [2.05, 4.69) is 34.9 Å². The lowest BCUT2D eigenvalue weighted by atomic mass is 9.98. The van der Waals surface area contributed by atoms with E-state index in [9.17, 15) is 14.4 Å². The zero-order valence-electron chi connectivity index (χ0n) is 19.5. The maximum atomic E-state index is 12.4. The van der Waals surface area contributed by atoms with Gasteiger partial charge in [0.15, 0.2) is 0 Å². The first-order valence-electron chi connectivity index (χ1n) is 12.0. The van der Waals surface area contributed by atoms with Gasteiger partial charge in [0.1, 0.15) is 6.61 Å². The predicted octanol–water partition coefficient (Wildman–Crippen LogP) is 4.31.